The fraction of sp³-hybridized carbons (Fsp3) is 0.136. The SMILES string of the molecule is CCN1C(=O)C(c2[nH][nH]c(=O)c2C2=c3ccccc3=NC2=O)C(=O)c2ccccc21. The lowest BCUT2D eigenvalue weighted by atomic mass is 9.85. The molecule has 1 unspecified atom stereocenters. The maximum Gasteiger partial charge on any atom is 0.279 e. The van der Waals surface area contributed by atoms with E-state index in [1.807, 2.05) is 6.92 Å². The molecule has 0 aliphatic carbocycles. The molecule has 2 N–H and O–H groups in total. The lowest BCUT2D eigenvalue weighted by Gasteiger charge is -2.32. The quantitative estimate of drug-likeness (QED) is 0.619. The van der Waals surface area contributed by atoms with Crippen molar-refractivity contribution in [1.29, 1.82) is 0 Å². The van der Waals surface area contributed by atoms with Gasteiger partial charge in [0.1, 0.15) is 5.92 Å². The Morgan fingerprint density at radius 1 is 0.967 bits per heavy atom. The second-order valence-electron chi connectivity index (χ2n) is 7.07. The van der Waals surface area contributed by atoms with Gasteiger partial charge in [0.25, 0.3) is 11.5 Å². The Morgan fingerprint density at radius 2 is 1.70 bits per heavy atom. The number of amides is 2. The molecular weight excluding hydrogens is 384 g/mol. The predicted molar refractivity (Wildman–Crippen MR) is 108 cm³/mol. The van der Waals surface area contributed by atoms with Gasteiger partial charge in [-0.05, 0) is 25.1 Å². The van der Waals surface area contributed by atoms with Crippen molar-refractivity contribution in [2.24, 2.45) is 4.99 Å². The minimum absolute atomic E-state index is 0.0177. The lowest BCUT2D eigenvalue weighted by Crippen LogP contribution is -2.44. The van der Waals surface area contributed by atoms with Gasteiger partial charge in [-0.1, -0.05) is 30.3 Å². The first kappa shape index (κ1) is 18.0. The number of nitrogens with one attached hydrogen (secondary N) is 2. The highest BCUT2D eigenvalue weighted by Crippen LogP contribution is 2.36. The molecule has 2 aliphatic rings. The number of fused-ring (bicyclic) bond motifs is 2. The zero-order valence-electron chi connectivity index (χ0n) is 15.9. The second kappa shape index (κ2) is 6.48. The van der Waals surface area contributed by atoms with Crippen molar-refractivity contribution in [3.8, 4) is 0 Å². The van der Waals surface area contributed by atoms with Gasteiger partial charge < -0.3 is 10.00 Å². The monoisotopic (exact) mass is 400 g/mol. The van der Waals surface area contributed by atoms with Crippen LogP contribution in [0.4, 0.5) is 5.69 Å². The fourth-order valence-corrected chi connectivity index (χ4v) is 4.18. The number of nitrogens with zero attached hydrogens (tertiary/aromatic N) is 2. The number of rotatable bonds is 3. The minimum atomic E-state index is -1.26. The largest absolute Gasteiger partial charge is 0.311 e. The number of likely N-dealkylation sites (N-methyl/N-ethyl adjacent to an activating group) is 1. The molecule has 0 radical (unpaired) electrons. The lowest BCUT2D eigenvalue weighted by molar-refractivity contribution is -0.119. The van der Waals surface area contributed by atoms with E-state index in [9.17, 15) is 19.2 Å². The van der Waals surface area contributed by atoms with Crippen LogP contribution in [0.25, 0.3) is 5.57 Å². The number of anilines is 1. The summed E-state index contributed by atoms with van der Waals surface area (Å²) in [5, 5.41) is 6.08. The highest BCUT2D eigenvalue weighted by Gasteiger charge is 2.43. The van der Waals surface area contributed by atoms with Crippen LogP contribution < -0.4 is 21.0 Å². The summed E-state index contributed by atoms with van der Waals surface area (Å²) in [4.78, 5) is 57.4. The van der Waals surface area contributed by atoms with Crippen molar-refractivity contribution in [2.75, 3.05) is 11.4 Å². The van der Waals surface area contributed by atoms with Gasteiger partial charge >= 0.3 is 0 Å². The van der Waals surface area contributed by atoms with Crippen molar-refractivity contribution in [3.63, 3.8) is 0 Å². The average Bonchev–Trinajstić information content (AvgIpc) is 3.27. The highest BCUT2D eigenvalue weighted by atomic mass is 16.2. The van der Waals surface area contributed by atoms with Crippen LogP contribution in [0.15, 0.2) is 58.3 Å². The maximum atomic E-state index is 13.3. The average molecular weight is 400 g/mol. The first-order chi connectivity index (χ1) is 14.5. The second-order valence-corrected chi connectivity index (χ2v) is 7.07. The molecule has 8 heteroatoms. The number of carbonyl (C=O) groups excluding carboxylic acids is 3. The number of hydrogen-bond donors (Lipinski definition) is 2. The molecule has 2 aromatic carbocycles. The fourth-order valence-electron chi connectivity index (χ4n) is 4.18. The number of aromatic amines is 2. The van der Waals surface area contributed by atoms with E-state index >= 15 is 0 Å². The Hall–Kier alpha value is -4.07. The van der Waals surface area contributed by atoms with E-state index in [1.54, 1.807) is 48.5 Å². The number of ketones is 1. The first-order valence-electron chi connectivity index (χ1n) is 9.50. The van der Waals surface area contributed by atoms with E-state index in [2.05, 4.69) is 15.2 Å². The molecule has 30 heavy (non-hydrogen) atoms. The van der Waals surface area contributed by atoms with E-state index in [4.69, 9.17) is 0 Å². The van der Waals surface area contributed by atoms with Crippen LogP contribution in [0.2, 0.25) is 0 Å². The Bertz CT molecular complexity index is 1430. The molecule has 0 spiro atoms. The van der Waals surface area contributed by atoms with Crippen LogP contribution in [0, 0.1) is 0 Å². The van der Waals surface area contributed by atoms with Gasteiger partial charge in [0, 0.05) is 17.3 Å². The number of hydrogen-bond acceptors (Lipinski definition) is 4. The van der Waals surface area contributed by atoms with Gasteiger partial charge in [0.05, 0.1) is 27.9 Å². The number of benzene rings is 2. The number of H-pyrrole nitrogens is 2. The molecule has 2 amide bonds. The Labute approximate surface area is 169 Å². The molecular formula is C22H16N4O4. The summed E-state index contributed by atoms with van der Waals surface area (Å²) >= 11 is 0. The maximum absolute atomic E-state index is 13.3. The Morgan fingerprint density at radius 3 is 2.50 bits per heavy atom. The third kappa shape index (κ3) is 2.37. The van der Waals surface area contributed by atoms with Gasteiger partial charge in [-0.2, -0.15) is 0 Å². The van der Waals surface area contributed by atoms with Gasteiger partial charge in [0.2, 0.25) is 5.91 Å². The summed E-state index contributed by atoms with van der Waals surface area (Å²) in [6, 6.07) is 13.7. The number of para-hydroxylation sites is 2. The molecule has 1 atom stereocenters. The van der Waals surface area contributed by atoms with E-state index in [-0.39, 0.29) is 16.8 Å². The van der Waals surface area contributed by atoms with Crippen molar-refractivity contribution in [3.05, 3.63) is 86.3 Å². The molecule has 3 heterocycles. The molecule has 0 bridgehead atoms. The summed E-state index contributed by atoms with van der Waals surface area (Å²) in [6.07, 6.45) is 0. The number of aromatic nitrogens is 2. The van der Waals surface area contributed by atoms with Crippen molar-refractivity contribution < 1.29 is 14.4 Å². The van der Waals surface area contributed by atoms with E-state index in [0.717, 1.165) is 0 Å². The topological polar surface area (TPSA) is 115 Å². The normalized spacial score (nSPS) is 17.8. The molecule has 1 aromatic heterocycles. The zero-order chi connectivity index (χ0) is 21.0. The Kier molecular flexibility index (Phi) is 3.89. The minimum Gasteiger partial charge on any atom is -0.311 e. The third-order valence-corrected chi connectivity index (χ3v) is 5.51. The molecule has 8 nitrogen and oxygen atoms in total. The molecule has 3 aromatic rings. The van der Waals surface area contributed by atoms with Crippen LogP contribution in [0.3, 0.4) is 0 Å². The molecule has 2 aliphatic heterocycles. The van der Waals surface area contributed by atoms with E-state index in [1.165, 1.54) is 4.90 Å². The predicted octanol–water partition coefficient (Wildman–Crippen LogP) is 0.395. The molecule has 5 rings (SSSR count). The van der Waals surface area contributed by atoms with Crippen molar-refractivity contribution in [2.45, 2.75) is 12.8 Å². The smallest absolute Gasteiger partial charge is 0.279 e. The molecule has 0 saturated heterocycles. The van der Waals surface area contributed by atoms with Gasteiger partial charge in [-0.3, -0.25) is 24.3 Å². The van der Waals surface area contributed by atoms with E-state index in [0.29, 0.717) is 28.4 Å². The third-order valence-electron chi connectivity index (χ3n) is 5.51. The van der Waals surface area contributed by atoms with Crippen LogP contribution in [-0.4, -0.2) is 34.3 Å². The van der Waals surface area contributed by atoms with Crippen LogP contribution in [-0.2, 0) is 9.59 Å². The summed E-state index contributed by atoms with van der Waals surface area (Å²) in [5.74, 6) is -2.71. The van der Waals surface area contributed by atoms with Crippen LogP contribution >= 0.6 is 0 Å². The molecule has 148 valence electrons. The van der Waals surface area contributed by atoms with Gasteiger partial charge in [-0.15, -0.1) is 0 Å². The van der Waals surface area contributed by atoms with Crippen molar-refractivity contribution >= 4 is 28.9 Å². The highest BCUT2D eigenvalue weighted by molar-refractivity contribution is 6.26. The molecule has 0 saturated carbocycles. The van der Waals surface area contributed by atoms with E-state index < -0.39 is 29.1 Å². The zero-order valence-corrected chi connectivity index (χ0v) is 15.9. The summed E-state index contributed by atoms with van der Waals surface area (Å²) in [7, 11) is 0. The summed E-state index contributed by atoms with van der Waals surface area (Å²) in [6.45, 7) is 2.17. The Balaban J connectivity index is 1.77. The standard InChI is InChI=1S/C22H16N4O4/c1-2-26-14-10-6-4-8-12(14)19(27)17(22(26)30)18-16(21(29)25-24-18)15-11-7-3-5-9-13(11)23-20(15)28/h3-10,17H,2H2,1H3,(H2,24,25,29). The van der Waals surface area contributed by atoms with Gasteiger partial charge in [-0.25, -0.2) is 4.99 Å². The summed E-state index contributed by atoms with van der Waals surface area (Å²) < 4.78 is 0. The van der Waals surface area contributed by atoms with Crippen molar-refractivity contribution in [1.82, 2.24) is 10.2 Å². The number of carbonyl (C=O) groups is 3. The first-order valence-corrected chi connectivity index (χ1v) is 9.50. The van der Waals surface area contributed by atoms with Gasteiger partial charge in [0.15, 0.2) is 5.78 Å². The van der Waals surface area contributed by atoms with Crippen LogP contribution in [0.1, 0.15) is 34.5 Å². The van der Waals surface area contributed by atoms with Crippen LogP contribution in [0.5, 0.6) is 0 Å². The molecule has 0 fully saturated rings. The summed E-state index contributed by atoms with van der Waals surface area (Å²) in [5.41, 5.74) is 0.503. The number of Topliss-reactive ketones (excluding diaryl/α,β-unsaturated/α-hetero) is 1.